The van der Waals surface area contributed by atoms with E-state index in [4.69, 9.17) is 10.5 Å². The zero-order valence-electron chi connectivity index (χ0n) is 13.8. The van der Waals surface area contributed by atoms with Crippen LogP contribution in [0.2, 0.25) is 0 Å². The van der Waals surface area contributed by atoms with Gasteiger partial charge in [-0.15, -0.1) is 25.6 Å². The molecule has 0 radical (unpaired) electrons. The Bertz CT molecular complexity index is 561. The molecular formula is C16H22ClF3N2O3. The molecule has 0 unspecified atom stereocenters. The van der Waals surface area contributed by atoms with Gasteiger partial charge in [-0.1, -0.05) is 12.1 Å². The van der Waals surface area contributed by atoms with Crippen LogP contribution in [0.4, 0.5) is 13.2 Å². The van der Waals surface area contributed by atoms with Gasteiger partial charge in [-0.3, -0.25) is 4.79 Å². The highest BCUT2D eigenvalue weighted by molar-refractivity contribution is 5.85. The van der Waals surface area contributed by atoms with Gasteiger partial charge in [-0.05, 0) is 30.5 Å². The smallest absolute Gasteiger partial charge is 0.406 e. The van der Waals surface area contributed by atoms with Crippen LogP contribution in [-0.2, 0) is 16.1 Å². The van der Waals surface area contributed by atoms with Crippen LogP contribution in [0.15, 0.2) is 24.3 Å². The van der Waals surface area contributed by atoms with E-state index in [9.17, 15) is 18.0 Å². The first-order valence-corrected chi connectivity index (χ1v) is 7.64. The summed E-state index contributed by atoms with van der Waals surface area (Å²) in [4.78, 5) is 14.3. The molecule has 0 aliphatic carbocycles. The van der Waals surface area contributed by atoms with Gasteiger partial charge in [-0.25, -0.2) is 0 Å². The molecule has 0 bridgehead atoms. The topological polar surface area (TPSA) is 64.8 Å². The maximum Gasteiger partial charge on any atom is 0.573 e. The maximum atomic E-state index is 12.7. The molecule has 1 saturated heterocycles. The number of ether oxygens (including phenoxy) is 2. The van der Waals surface area contributed by atoms with E-state index in [-0.39, 0.29) is 37.2 Å². The van der Waals surface area contributed by atoms with Crippen LogP contribution in [0.3, 0.4) is 0 Å². The van der Waals surface area contributed by atoms with Gasteiger partial charge < -0.3 is 20.1 Å². The largest absolute Gasteiger partial charge is 0.573 e. The number of alkyl halides is 3. The van der Waals surface area contributed by atoms with Crippen molar-refractivity contribution in [1.29, 1.82) is 0 Å². The molecule has 142 valence electrons. The third kappa shape index (κ3) is 5.76. The van der Waals surface area contributed by atoms with E-state index in [0.717, 1.165) is 0 Å². The highest BCUT2D eigenvalue weighted by atomic mass is 35.5. The van der Waals surface area contributed by atoms with Gasteiger partial charge in [0.25, 0.3) is 0 Å². The van der Waals surface area contributed by atoms with Gasteiger partial charge in [0.15, 0.2) is 0 Å². The zero-order chi connectivity index (χ0) is 17.8. The first-order valence-electron chi connectivity index (χ1n) is 7.64. The predicted molar refractivity (Wildman–Crippen MR) is 88.4 cm³/mol. The molecule has 5 nitrogen and oxygen atoms in total. The first-order chi connectivity index (χ1) is 11.3. The molecule has 1 aromatic carbocycles. The van der Waals surface area contributed by atoms with Crippen LogP contribution in [0.1, 0.15) is 18.4 Å². The minimum atomic E-state index is -4.72. The fourth-order valence-corrected chi connectivity index (χ4v) is 2.81. The van der Waals surface area contributed by atoms with E-state index < -0.39 is 11.8 Å². The molecule has 0 aromatic heterocycles. The van der Waals surface area contributed by atoms with Crippen molar-refractivity contribution in [3.63, 3.8) is 0 Å². The molecule has 1 heterocycles. The second kappa shape index (κ2) is 8.73. The van der Waals surface area contributed by atoms with Crippen LogP contribution < -0.4 is 10.5 Å². The van der Waals surface area contributed by atoms with Crippen molar-refractivity contribution < 1.29 is 27.4 Å². The zero-order valence-corrected chi connectivity index (χ0v) is 14.7. The summed E-state index contributed by atoms with van der Waals surface area (Å²) in [5.41, 5.74) is 5.91. The van der Waals surface area contributed by atoms with Crippen molar-refractivity contribution in [2.75, 3.05) is 26.8 Å². The Labute approximate surface area is 150 Å². The molecule has 0 atom stereocenters. The number of halogens is 4. The predicted octanol–water partition coefficient (Wildman–Crippen LogP) is 2.72. The van der Waals surface area contributed by atoms with Crippen molar-refractivity contribution >= 4 is 18.3 Å². The summed E-state index contributed by atoms with van der Waals surface area (Å²) >= 11 is 0. The van der Waals surface area contributed by atoms with Gasteiger partial charge in [0, 0.05) is 33.4 Å². The number of hydrogen-bond donors (Lipinski definition) is 1. The highest BCUT2D eigenvalue weighted by Gasteiger charge is 2.40. The van der Waals surface area contributed by atoms with Gasteiger partial charge >= 0.3 is 6.36 Å². The summed E-state index contributed by atoms with van der Waals surface area (Å²) in [6, 6.07) is 5.47. The maximum absolute atomic E-state index is 12.7. The van der Waals surface area contributed by atoms with Crippen molar-refractivity contribution in [3.8, 4) is 5.75 Å². The molecule has 2 N–H and O–H groups in total. The van der Waals surface area contributed by atoms with Crippen LogP contribution >= 0.6 is 12.4 Å². The Kier molecular flexibility index (Phi) is 7.52. The number of rotatable bonds is 5. The quantitative estimate of drug-likeness (QED) is 0.850. The first kappa shape index (κ1) is 21.5. The van der Waals surface area contributed by atoms with E-state index in [1.54, 1.807) is 11.9 Å². The van der Waals surface area contributed by atoms with Gasteiger partial charge in [0.05, 0.1) is 5.41 Å². The summed E-state index contributed by atoms with van der Waals surface area (Å²) in [5.74, 6) is -0.355. The monoisotopic (exact) mass is 382 g/mol. The molecule has 1 aliphatic rings. The number of nitrogens with two attached hydrogens (primary N) is 1. The number of carbonyl (C=O) groups excluding carboxylic acids is 1. The number of hydrogen-bond acceptors (Lipinski definition) is 4. The molecule has 25 heavy (non-hydrogen) atoms. The second-order valence-electron chi connectivity index (χ2n) is 5.95. The molecule has 0 saturated carbocycles. The van der Waals surface area contributed by atoms with Crippen molar-refractivity contribution in [2.24, 2.45) is 11.1 Å². The Morgan fingerprint density at radius 3 is 2.32 bits per heavy atom. The van der Waals surface area contributed by atoms with Crippen LogP contribution in [0, 0.1) is 5.41 Å². The third-order valence-electron chi connectivity index (χ3n) is 4.22. The molecule has 2 rings (SSSR count). The SMILES string of the molecule is CN(Cc1ccc(OC(F)(F)F)cc1)C(=O)C1(CN)CCOCC1.Cl. The van der Waals surface area contributed by atoms with Crippen molar-refractivity contribution in [1.82, 2.24) is 4.90 Å². The summed E-state index contributed by atoms with van der Waals surface area (Å²) in [5, 5.41) is 0. The standard InChI is InChI=1S/C16H21F3N2O3.ClH/c1-21(14(22)15(11-20)6-8-23-9-7-15)10-12-2-4-13(5-3-12)24-16(17,18)19;/h2-5H,6-11,20H2,1H3;1H. The van der Waals surface area contributed by atoms with Gasteiger partial charge in [0.2, 0.25) is 5.91 Å². The lowest BCUT2D eigenvalue weighted by molar-refractivity contribution is -0.274. The fourth-order valence-electron chi connectivity index (χ4n) is 2.81. The normalized spacial score (nSPS) is 16.7. The molecule has 1 aliphatic heterocycles. The molecule has 1 amide bonds. The minimum Gasteiger partial charge on any atom is -0.406 e. The summed E-state index contributed by atoms with van der Waals surface area (Å²) < 4.78 is 45.6. The molecular weight excluding hydrogens is 361 g/mol. The molecule has 1 aromatic rings. The molecule has 1 fully saturated rings. The van der Waals surface area contributed by atoms with Gasteiger partial charge in [0.1, 0.15) is 5.75 Å². The molecule has 9 heteroatoms. The van der Waals surface area contributed by atoms with E-state index in [1.165, 1.54) is 24.3 Å². The Balaban J connectivity index is 0.00000312. The fraction of sp³-hybridized carbons (Fsp3) is 0.562. The van der Waals surface area contributed by atoms with Crippen LogP contribution in [-0.4, -0.2) is 44.0 Å². The van der Waals surface area contributed by atoms with Crippen molar-refractivity contribution in [2.45, 2.75) is 25.7 Å². The lowest BCUT2D eigenvalue weighted by Crippen LogP contribution is -2.49. The highest BCUT2D eigenvalue weighted by Crippen LogP contribution is 2.32. The average Bonchev–Trinajstić information content (AvgIpc) is 2.55. The summed E-state index contributed by atoms with van der Waals surface area (Å²) in [7, 11) is 1.66. The lowest BCUT2D eigenvalue weighted by Gasteiger charge is -2.37. The number of carbonyl (C=O) groups is 1. The number of amides is 1. The third-order valence-corrected chi connectivity index (χ3v) is 4.22. The van der Waals surface area contributed by atoms with Crippen LogP contribution in [0.5, 0.6) is 5.75 Å². The average molecular weight is 383 g/mol. The Morgan fingerprint density at radius 1 is 1.28 bits per heavy atom. The van der Waals surface area contributed by atoms with Gasteiger partial charge in [-0.2, -0.15) is 0 Å². The number of benzene rings is 1. The van der Waals surface area contributed by atoms with E-state index in [2.05, 4.69) is 4.74 Å². The summed E-state index contributed by atoms with van der Waals surface area (Å²) in [6.45, 7) is 1.53. The molecule has 0 spiro atoms. The Hall–Kier alpha value is -1.51. The van der Waals surface area contributed by atoms with Crippen LogP contribution in [0.25, 0.3) is 0 Å². The van der Waals surface area contributed by atoms with E-state index >= 15 is 0 Å². The van der Waals surface area contributed by atoms with Crippen molar-refractivity contribution in [3.05, 3.63) is 29.8 Å². The Morgan fingerprint density at radius 2 is 1.84 bits per heavy atom. The lowest BCUT2D eigenvalue weighted by atomic mass is 9.79. The second-order valence-corrected chi connectivity index (χ2v) is 5.95. The summed E-state index contributed by atoms with van der Waals surface area (Å²) in [6.07, 6.45) is -3.57. The minimum absolute atomic E-state index is 0. The van der Waals surface area contributed by atoms with E-state index in [1.807, 2.05) is 0 Å². The van der Waals surface area contributed by atoms with E-state index in [0.29, 0.717) is 31.6 Å². The number of nitrogens with zero attached hydrogens (tertiary/aromatic N) is 1.